The minimum Gasteiger partial charge on any atom is -0.368 e. The molecule has 1 atom stereocenters. The Balaban J connectivity index is 1.94. The molecule has 1 unspecified atom stereocenters. The Labute approximate surface area is 94.3 Å². The van der Waals surface area contributed by atoms with Crippen molar-refractivity contribution in [3.05, 3.63) is 5.82 Å². The maximum absolute atomic E-state index is 5.50. The van der Waals surface area contributed by atoms with Crippen molar-refractivity contribution in [2.75, 3.05) is 31.1 Å². The van der Waals surface area contributed by atoms with E-state index in [1.54, 1.807) is 0 Å². The molecule has 0 aromatic carbocycles. The van der Waals surface area contributed by atoms with Gasteiger partial charge in [0.25, 0.3) is 0 Å². The Bertz CT molecular complexity index is 347. The summed E-state index contributed by atoms with van der Waals surface area (Å²) in [5.74, 6) is 1.04. The van der Waals surface area contributed by atoms with Crippen molar-refractivity contribution in [1.29, 1.82) is 0 Å². The predicted octanol–water partition coefficient (Wildman–Crippen LogP) is -1.17. The van der Waals surface area contributed by atoms with Gasteiger partial charge in [-0.05, 0) is 6.92 Å². The molecule has 0 aliphatic carbocycles. The molecule has 7 nitrogen and oxygen atoms in total. The molecule has 0 saturated carbocycles. The maximum Gasteiger partial charge on any atom is 0.225 e. The third kappa shape index (κ3) is 2.56. The molecule has 7 heteroatoms. The molecule has 16 heavy (non-hydrogen) atoms. The number of nitrogens with two attached hydrogens (primary N) is 2. The predicted molar refractivity (Wildman–Crippen MR) is 61.4 cm³/mol. The number of nitrogens with one attached hydrogen (secondary N) is 1. The largest absolute Gasteiger partial charge is 0.368 e. The molecular weight excluding hydrogens is 206 g/mol. The van der Waals surface area contributed by atoms with Gasteiger partial charge in [-0.2, -0.15) is 15.0 Å². The van der Waals surface area contributed by atoms with Crippen LogP contribution in [0.1, 0.15) is 12.7 Å². The Hall–Kier alpha value is -1.47. The van der Waals surface area contributed by atoms with Crippen LogP contribution in [-0.4, -0.2) is 45.7 Å². The number of nitrogen functional groups attached to an aromatic ring is 2. The van der Waals surface area contributed by atoms with Crippen LogP contribution >= 0.6 is 0 Å². The number of rotatable bonds is 3. The molecule has 1 fully saturated rings. The fraction of sp³-hybridized carbons (Fsp3) is 0.667. The summed E-state index contributed by atoms with van der Waals surface area (Å²) in [6.45, 7) is 5.13. The lowest BCUT2D eigenvalue weighted by Gasteiger charge is -2.19. The molecule has 1 aromatic heterocycles. The minimum absolute atomic E-state index is 0.190. The molecule has 1 aliphatic rings. The van der Waals surface area contributed by atoms with E-state index in [4.69, 9.17) is 11.5 Å². The number of aromatic nitrogens is 3. The second-order valence-corrected chi connectivity index (χ2v) is 3.88. The van der Waals surface area contributed by atoms with Gasteiger partial charge >= 0.3 is 0 Å². The zero-order chi connectivity index (χ0) is 11.5. The van der Waals surface area contributed by atoms with E-state index in [-0.39, 0.29) is 11.9 Å². The minimum atomic E-state index is 0.190. The summed E-state index contributed by atoms with van der Waals surface area (Å²) < 4.78 is 0. The zero-order valence-corrected chi connectivity index (χ0v) is 9.35. The van der Waals surface area contributed by atoms with Crippen LogP contribution < -0.4 is 16.8 Å². The van der Waals surface area contributed by atoms with Gasteiger partial charge in [0.1, 0.15) is 5.82 Å². The molecular formula is C9H17N7. The van der Waals surface area contributed by atoms with Gasteiger partial charge in [0.05, 0.1) is 6.17 Å². The smallest absolute Gasteiger partial charge is 0.225 e. The van der Waals surface area contributed by atoms with E-state index in [2.05, 4.69) is 32.1 Å². The highest BCUT2D eigenvalue weighted by Gasteiger charge is 2.19. The van der Waals surface area contributed by atoms with E-state index in [1.165, 1.54) is 0 Å². The Morgan fingerprint density at radius 1 is 1.31 bits per heavy atom. The summed E-state index contributed by atoms with van der Waals surface area (Å²) in [7, 11) is 0. The molecule has 0 spiro atoms. The van der Waals surface area contributed by atoms with Crippen LogP contribution in [0.2, 0.25) is 0 Å². The second kappa shape index (κ2) is 4.58. The lowest BCUT2D eigenvalue weighted by Crippen LogP contribution is -2.34. The van der Waals surface area contributed by atoms with Crippen molar-refractivity contribution in [2.24, 2.45) is 0 Å². The van der Waals surface area contributed by atoms with E-state index in [1.807, 2.05) is 0 Å². The summed E-state index contributed by atoms with van der Waals surface area (Å²) in [6.07, 6.45) is 1.15. The lowest BCUT2D eigenvalue weighted by molar-refractivity contribution is 0.259. The Kier molecular flexibility index (Phi) is 3.16. The Morgan fingerprint density at radius 2 is 2.00 bits per heavy atom. The van der Waals surface area contributed by atoms with Crippen LogP contribution in [0.25, 0.3) is 0 Å². The van der Waals surface area contributed by atoms with Crippen LogP contribution in [0.4, 0.5) is 11.9 Å². The highest BCUT2D eigenvalue weighted by molar-refractivity contribution is 5.25. The molecule has 2 rings (SSSR count). The molecule has 1 aliphatic heterocycles. The molecule has 0 amide bonds. The van der Waals surface area contributed by atoms with Gasteiger partial charge in [0.15, 0.2) is 0 Å². The number of hydrogen-bond donors (Lipinski definition) is 3. The average molecular weight is 223 g/mol. The summed E-state index contributed by atoms with van der Waals surface area (Å²) in [5, 5.41) is 3.35. The first kappa shape index (κ1) is 11.0. The van der Waals surface area contributed by atoms with Gasteiger partial charge in [0, 0.05) is 26.1 Å². The molecule has 0 bridgehead atoms. The van der Waals surface area contributed by atoms with E-state index in [0.29, 0.717) is 12.0 Å². The maximum atomic E-state index is 5.50. The summed E-state index contributed by atoms with van der Waals surface area (Å²) >= 11 is 0. The standard InChI is InChI=1S/C9H17N7/c1-6-12-3-5-16(6)4-2-7-13-8(10)15-9(11)14-7/h6,12H,2-5H2,1H3,(H4,10,11,13,14,15). The summed E-state index contributed by atoms with van der Waals surface area (Å²) in [5.41, 5.74) is 11.0. The highest BCUT2D eigenvalue weighted by atomic mass is 15.3. The molecule has 88 valence electrons. The van der Waals surface area contributed by atoms with Gasteiger partial charge < -0.3 is 16.8 Å². The molecule has 5 N–H and O–H groups in total. The van der Waals surface area contributed by atoms with Crippen molar-refractivity contribution in [3.63, 3.8) is 0 Å². The van der Waals surface area contributed by atoms with E-state index in [9.17, 15) is 0 Å². The SMILES string of the molecule is CC1NCCN1CCc1nc(N)nc(N)n1. The average Bonchev–Trinajstić information content (AvgIpc) is 2.59. The van der Waals surface area contributed by atoms with Crippen molar-refractivity contribution < 1.29 is 0 Å². The molecule has 2 heterocycles. The first-order chi connectivity index (χ1) is 7.65. The van der Waals surface area contributed by atoms with Gasteiger partial charge in [-0.3, -0.25) is 4.90 Å². The van der Waals surface area contributed by atoms with E-state index in [0.717, 1.165) is 26.1 Å². The van der Waals surface area contributed by atoms with Gasteiger partial charge in [-0.1, -0.05) is 0 Å². The van der Waals surface area contributed by atoms with E-state index >= 15 is 0 Å². The number of hydrogen-bond acceptors (Lipinski definition) is 7. The summed E-state index contributed by atoms with van der Waals surface area (Å²) in [4.78, 5) is 14.2. The highest BCUT2D eigenvalue weighted by Crippen LogP contribution is 2.05. The first-order valence-electron chi connectivity index (χ1n) is 5.38. The molecule has 0 radical (unpaired) electrons. The number of nitrogens with zero attached hydrogens (tertiary/aromatic N) is 4. The van der Waals surface area contributed by atoms with Crippen molar-refractivity contribution in [3.8, 4) is 0 Å². The van der Waals surface area contributed by atoms with Crippen LogP contribution in [-0.2, 0) is 6.42 Å². The third-order valence-corrected chi connectivity index (χ3v) is 2.73. The van der Waals surface area contributed by atoms with Crippen LogP contribution in [0, 0.1) is 0 Å². The Morgan fingerprint density at radius 3 is 2.56 bits per heavy atom. The number of anilines is 2. The van der Waals surface area contributed by atoms with Gasteiger partial charge in [-0.15, -0.1) is 0 Å². The lowest BCUT2D eigenvalue weighted by atomic mass is 10.3. The van der Waals surface area contributed by atoms with Gasteiger partial charge in [0.2, 0.25) is 11.9 Å². The second-order valence-electron chi connectivity index (χ2n) is 3.88. The third-order valence-electron chi connectivity index (χ3n) is 2.73. The molecule has 1 aromatic rings. The normalized spacial score (nSPS) is 21.4. The fourth-order valence-corrected chi connectivity index (χ4v) is 1.86. The molecule has 1 saturated heterocycles. The monoisotopic (exact) mass is 223 g/mol. The zero-order valence-electron chi connectivity index (χ0n) is 9.35. The van der Waals surface area contributed by atoms with Gasteiger partial charge in [-0.25, -0.2) is 0 Å². The summed E-state index contributed by atoms with van der Waals surface area (Å²) in [6, 6.07) is 0. The van der Waals surface area contributed by atoms with Crippen LogP contribution in [0.15, 0.2) is 0 Å². The van der Waals surface area contributed by atoms with Crippen molar-refractivity contribution in [1.82, 2.24) is 25.2 Å². The van der Waals surface area contributed by atoms with Crippen LogP contribution in [0.3, 0.4) is 0 Å². The quantitative estimate of drug-likeness (QED) is 0.592. The van der Waals surface area contributed by atoms with E-state index < -0.39 is 0 Å². The fourth-order valence-electron chi connectivity index (χ4n) is 1.86. The topological polar surface area (TPSA) is 106 Å². The van der Waals surface area contributed by atoms with Crippen LogP contribution in [0.5, 0.6) is 0 Å². The first-order valence-corrected chi connectivity index (χ1v) is 5.38. The van der Waals surface area contributed by atoms with Crippen molar-refractivity contribution >= 4 is 11.9 Å². The van der Waals surface area contributed by atoms with Crippen molar-refractivity contribution in [2.45, 2.75) is 19.5 Å².